The summed E-state index contributed by atoms with van der Waals surface area (Å²) in [6.07, 6.45) is 0. The van der Waals surface area contributed by atoms with E-state index in [-0.39, 0.29) is 10.3 Å². The minimum atomic E-state index is -0.345. The molecule has 27 heavy (non-hydrogen) atoms. The first kappa shape index (κ1) is 15.0. The standard InChI is InChI=1S/C25H20OS/c1-2-26-24-18-12-6-3-9-15(18)21-22(16-10-4-7-13-19(16)24)25(24)23(21)17-11-5-8-14-20(17)27-25/h3-14,21-23H,2H2,1H3. The molecule has 1 saturated carbocycles. The lowest BCUT2D eigenvalue weighted by Crippen LogP contribution is -2.66. The second kappa shape index (κ2) is 4.68. The van der Waals surface area contributed by atoms with Crippen molar-refractivity contribution in [2.24, 2.45) is 0 Å². The number of fused-ring (bicyclic) bond motifs is 2. The second-order valence-electron chi connectivity index (χ2n) is 8.20. The SMILES string of the molecule is CCOC12c3ccccc3C3C4c5ccccc5SC41C3c1ccccc12. The molecule has 5 aliphatic rings. The van der Waals surface area contributed by atoms with Crippen LogP contribution in [0.25, 0.3) is 0 Å². The highest BCUT2D eigenvalue weighted by Crippen LogP contribution is 2.87. The summed E-state index contributed by atoms with van der Waals surface area (Å²) in [5.41, 5.74) is 7.04. The Hall–Kier alpha value is -2.03. The van der Waals surface area contributed by atoms with Crippen LogP contribution in [-0.4, -0.2) is 11.4 Å². The average Bonchev–Trinajstić information content (AvgIpc) is 3.05. The Morgan fingerprint density at radius 1 is 0.778 bits per heavy atom. The van der Waals surface area contributed by atoms with Crippen LogP contribution in [0.4, 0.5) is 0 Å². The fourth-order valence-electron chi connectivity index (χ4n) is 6.91. The molecule has 0 amide bonds. The third-order valence-electron chi connectivity index (χ3n) is 7.46. The van der Waals surface area contributed by atoms with E-state index >= 15 is 0 Å². The van der Waals surface area contributed by atoms with Crippen molar-refractivity contribution in [3.05, 3.63) is 101 Å². The van der Waals surface area contributed by atoms with Gasteiger partial charge in [-0.25, -0.2) is 0 Å². The number of hydrogen-bond acceptors (Lipinski definition) is 2. The van der Waals surface area contributed by atoms with Crippen molar-refractivity contribution in [2.45, 2.75) is 39.9 Å². The smallest absolute Gasteiger partial charge is 0.135 e. The van der Waals surface area contributed by atoms with Crippen molar-refractivity contribution in [3.63, 3.8) is 0 Å². The van der Waals surface area contributed by atoms with E-state index in [1.807, 2.05) is 0 Å². The zero-order valence-corrected chi connectivity index (χ0v) is 16.0. The first-order chi connectivity index (χ1) is 13.3. The van der Waals surface area contributed by atoms with Gasteiger partial charge in [-0.05, 0) is 40.8 Å². The third-order valence-corrected chi connectivity index (χ3v) is 9.19. The molecule has 0 radical (unpaired) electrons. The Balaban J connectivity index is 1.64. The van der Waals surface area contributed by atoms with Crippen molar-refractivity contribution >= 4 is 11.8 Å². The number of rotatable bonds is 2. The number of ether oxygens (including phenoxy) is 1. The Morgan fingerprint density at radius 2 is 1.37 bits per heavy atom. The Kier molecular flexibility index (Phi) is 2.59. The molecule has 2 heteroatoms. The maximum absolute atomic E-state index is 6.88. The van der Waals surface area contributed by atoms with Gasteiger partial charge in [-0.15, -0.1) is 11.8 Å². The van der Waals surface area contributed by atoms with E-state index in [0.717, 1.165) is 6.61 Å². The maximum atomic E-state index is 6.88. The van der Waals surface area contributed by atoms with Gasteiger partial charge in [0.05, 0.1) is 4.75 Å². The van der Waals surface area contributed by atoms with Gasteiger partial charge >= 0.3 is 0 Å². The lowest BCUT2D eigenvalue weighted by Gasteiger charge is -2.65. The largest absolute Gasteiger partial charge is 0.364 e. The van der Waals surface area contributed by atoms with E-state index < -0.39 is 0 Å². The summed E-state index contributed by atoms with van der Waals surface area (Å²) in [6, 6.07) is 27.3. The summed E-state index contributed by atoms with van der Waals surface area (Å²) in [5, 5.41) is 0. The summed E-state index contributed by atoms with van der Waals surface area (Å²) in [5.74, 6) is 1.64. The lowest BCUT2D eigenvalue weighted by molar-refractivity contribution is -0.0847. The number of hydrogen-bond donors (Lipinski definition) is 0. The molecule has 3 aromatic carbocycles. The fourth-order valence-corrected chi connectivity index (χ4v) is 8.95. The molecular formula is C25H20OS. The normalized spacial score (nSPS) is 35.7. The molecule has 8 rings (SSSR count). The van der Waals surface area contributed by atoms with Gasteiger partial charge in [0.1, 0.15) is 5.60 Å². The number of benzene rings is 3. The van der Waals surface area contributed by atoms with Crippen LogP contribution >= 0.6 is 11.8 Å². The van der Waals surface area contributed by atoms with Gasteiger partial charge in [0.25, 0.3) is 0 Å². The van der Waals surface area contributed by atoms with Crippen LogP contribution < -0.4 is 0 Å². The number of thioether (sulfide) groups is 1. The quantitative estimate of drug-likeness (QED) is 0.565. The predicted molar refractivity (Wildman–Crippen MR) is 109 cm³/mol. The van der Waals surface area contributed by atoms with Crippen molar-refractivity contribution in [1.82, 2.24) is 0 Å². The molecule has 1 fully saturated rings. The molecule has 1 aliphatic heterocycles. The van der Waals surface area contributed by atoms with Gasteiger partial charge in [0.15, 0.2) is 0 Å². The first-order valence-electron chi connectivity index (χ1n) is 9.95. The minimum absolute atomic E-state index is 0.0649. The third kappa shape index (κ3) is 1.34. The summed E-state index contributed by atoms with van der Waals surface area (Å²) in [4.78, 5) is 1.46. The molecule has 5 unspecified atom stereocenters. The van der Waals surface area contributed by atoms with Gasteiger partial charge in [0.2, 0.25) is 0 Å². The van der Waals surface area contributed by atoms with Gasteiger partial charge < -0.3 is 4.74 Å². The molecule has 3 aromatic rings. The van der Waals surface area contributed by atoms with Crippen molar-refractivity contribution in [3.8, 4) is 0 Å². The van der Waals surface area contributed by atoms with Gasteiger partial charge in [-0.2, -0.15) is 0 Å². The molecule has 0 aromatic heterocycles. The van der Waals surface area contributed by atoms with Crippen LogP contribution in [0.15, 0.2) is 77.7 Å². The molecule has 132 valence electrons. The summed E-state index contributed by atoms with van der Waals surface area (Å²) in [7, 11) is 0. The maximum Gasteiger partial charge on any atom is 0.135 e. The van der Waals surface area contributed by atoms with Gasteiger partial charge in [-0.1, -0.05) is 66.7 Å². The van der Waals surface area contributed by atoms with Crippen LogP contribution in [0.3, 0.4) is 0 Å². The second-order valence-corrected chi connectivity index (χ2v) is 9.52. The van der Waals surface area contributed by atoms with E-state index in [4.69, 9.17) is 4.74 Å². The molecule has 4 bridgehead atoms. The monoisotopic (exact) mass is 368 g/mol. The van der Waals surface area contributed by atoms with Crippen LogP contribution in [0, 0.1) is 0 Å². The molecule has 1 heterocycles. The molecule has 0 saturated heterocycles. The Morgan fingerprint density at radius 3 is 2.15 bits per heavy atom. The van der Waals surface area contributed by atoms with Crippen molar-refractivity contribution in [1.29, 1.82) is 0 Å². The predicted octanol–water partition coefficient (Wildman–Crippen LogP) is 5.80. The Bertz CT molecular complexity index is 1110. The van der Waals surface area contributed by atoms with E-state index in [1.54, 1.807) is 0 Å². The lowest BCUT2D eigenvalue weighted by atomic mass is 9.44. The van der Waals surface area contributed by atoms with Crippen LogP contribution in [-0.2, 0) is 10.3 Å². The highest BCUT2D eigenvalue weighted by molar-refractivity contribution is 8.01. The molecule has 1 nitrogen and oxygen atoms in total. The minimum Gasteiger partial charge on any atom is -0.364 e. The summed E-state index contributed by atoms with van der Waals surface area (Å²) < 4.78 is 6.94. The van der Waals surface area contributed by atoms with Crippen LogP contribution in [0.1, 0.15) is 52.5 Å². The van der Waals surface area contributed by atoms with Crippen molar-refractivity contribution < 1.29 is 4.74 Å². The van der Waals surface area contributed by atoms with E-state index in [0.29, 0.717) is 17.8 Å². The van der Waals surface area contributed by atoms with E-state index in [1.165, 1.54) is 32.7 Å². The summed E-state index contributed by atoms with van der Waals surface area (Å²) >= 11 is 2.10. The highest BCUT2D eigenvalue weighted by Gasteiger charge is 2.83. The fraction of sp³-hybridized carbons (Fsp3) is 0.280. The Labute approximate surface area is 163 Å². The van der Waals surface area contributed by atoms with E-state index in [2.05, 4.69) is 91.5 Å². The van der Waals surface area contributed by atoms with Gasteiger partial charge in [0, 0.05) is 29.3 Å². The molecule has 5 atom stereocenters. The summed E-state index contributed by atoms with van der Waals surface area (Å²) in [6.45, 7) is 2.88. The zero-order valence-electron chi connectivity index (χ0n) is 15.2. The highest BCUT2D eigenvalue weighted by atomic mass is 32.2. The van der Waals surface area contributed by atoms with Crippen LogP contribution in [0.5, 0.6) is 0 Å². The first-order valence-corrected chi connectivity index (χ1v) is 10.8. The average molecular weight is 369 g/mol. The topological polar surface area (TPSA) is 9.23 Å². The zero-order chi connectivity index (χ0) is 17.8. The molecule has 4 aliphatic carbocycles. The van der Waals surface area contributed by atoms with Crippen LogP contribution in [0.2, 0.25) is 0 Å². The van der Waals surface area contributed by atoms with Crippen molar-refractivity contribution in [2.75, 3.05) is 6.61 Å². The molecule has 0 N–H and O–H groups in total. The van der Waals surface area contributed by atoms with E-state index in [9.17, 15) is 0 Å². The molecular weight excluding hydrogens is 348 g/mol. The molecule has 1 spiro atoms. The van der Waals surface area contributed by atoms with Gasteiger partial charge in [-0.3, -0.25) is 0 Å².